The molecule has 22 heavy (non-hydrogen) atoms. The fourth-order valence-electron chi connectivity index (χ4n) is 2.06. The zero-order chi connectivity index (χ0) is 16.4. The molecule has 1 aromatic carbocycles. The lowest BCUT2D eigenvalue weighted by Gasteiger charge is -2.16. The Kier molecular flexibility index (Phi) is 5.03. The smallest absolute Gasteiger partial charge is 0.253 e. The van der Waals surface area contributed by atoms with E-state index in [9.17, 15) is 9.18 Å². The summed E-state index contributed by atoms with van der Waals surface area (Å²) in [7, 11) is 0. The molecule has 1 aromatic heterocycles. The Bertz CT molecular complexity index is 737. The number of halogens is 3. The number of rotatable bonds is 4. The van der Waals surface area contributed by atoms with Crippen molar-refractivity contribution in [1.29, 1.82) is 0 Å². The minimum Gasteiger partial charge on any atom is -0.365 e. The van der Waals surface area contributed by atoms with Gasteiger partial charge in [-0.25, -0.2) is 4.39 Å². The molecule has 7 heteroatoms. The predicted molar refractivity (Wildman–Crippen MR) is 89.2 cm³/mol. The topological polar surface area (TPSA) is 68.0 Å². The fraction of sp³-hybridized carbons (Fsp3) is 0.200. The zero-order valence-electron chi connectivity index (χ0n) is 12.0. The SMILES string of the molecule is CC(C)c1ncccc1Nc1cc(Br)c(Cl)c(F)c1C(N)=O. The second kappa shape index (κ2) is 6.62. The van der Waals surface area contributed by atoms with Crippen LogP contribution in [0.3, 0.4) is 0 Å². The molecule has 0 fully saturated rings. The van der Waals surface area contributed by atoms with Gasteiger partial charge in [0.15, 0.2) is 5.82 Å². The first-order valence-electron chi connectivity index (χ1n) is 6.52. The second-order valence-electron chi connectivity index (χ2n) is 4.99. The van der Waals surface area contributed by atoms with Gasteiger partial charge in [0.1, 0.15) is 0 Å². The van der Waals surface area contributed by atoms with E-state index in [4.69, 9.17) is 17.3 Å². The predicted octanol–water partition coefficient (Wildman–Crippen LogP) is 4.60. The normalized spacial score (nSPS) is 10.8. The number of carbonyl (C=O) groups is 1. The minimum atomic E-state index is -0.899. The molecule has 4 nitrogen and oxygen atoms in total. The van der Waals surface area contributed by atoms with E-state index in [0.29, 0.717) is 10.2 Å². The van der Waals surface area contributed by atoms with Crippen LogP contribution < -0.4 is 11.1 Å². The van der Waals surface area contributed by atoms with Crippen molar-refractivity contribution in [3.05, 3.63) is 51.0 Å². The highest BCUT2D eigenvalue weighted by Gasteiger charge is 2.21. The van der Waals surface area contributed by atoms with Gasteiger partial charge in [0.25, 0.3) is 5.91 Å². The molecule has 1 heterocycles. The van der Waals surface area contributed by atoms with E-state index < -0.39 is 11.7 Å². The lowest BCUT2D eigenvalue weighted by molar-refractivity contribution is 0.0997. The van der Waals surface area contributed by atoms with Crippen molar-refractivity contribution in [3.8, 4) is 0 Å². The van der Waals surface area contributed by atoms with Crippen LogP contribution >= 0.6 is 27.5 Å². The third-order valence-electron chi connectivity index (χ3n) is 3.06. The number of primary amides is 1. The van der Waals surface area contributed by atoms with Crippen molar-refractivity contribution in [2.45, 2.75) is 19.8 Å². The van der Waals surface area contributed by atoms with Gasteiger partial charge in [-0.1, -0.05) is 25.4 Å². The van der Waals surface area contributed by atoms with Crippen LogP contribution in [-0.2, 0) is 0 Å². The van der Waals surface area contributed by atoms with Gasteiger partial charge < -0.3 is 11.1 Å². The van der Waals surface area contributed by atoms with E-state index in [1.54, 1.807) is 18.3 Å². The average molecular weight is 387 g/mol. The summed E-state index contributed by atoms with van der Waals surface area (Å²) in [4.78, 5) is 15.9. The van der Waals surface area contributed by atoms with Crippen LogP contribution in [0.4, 0.5) is 15.8 Å². The molecular weight excluding hydrogens is 373 g/mol. The van der Waals surface area contributed by atoms with Gasteiger partial charge in [-0.15, -0.1) is 0 Å². The Balaban J connectivity index is 2.57. The van der Waals surface area contributed by atoms with E-state index in [2.05, 4.69) is 26.2 Å². The van der Waals surface area contributed by atoms with E-state index >= 15 is 0 Å². The van der Waals surface area contributed by atoms with Crippen LogP contribution in [0.5, 0.6) is 0 Å². The second-order valence-corrected chi connectivity index (χ2v) is 6.22. The number of nitrogens with two attached hydrogens (primary N) is 1. The maximum atomic E-state index is 14.2. The van der Waals surface area contributed by atoms with E-state index in [1.165, 1.54) is 6.07 Å². The maximum absolute atomic E-state index is 14.2. The largest absolute Gasteiger partial charge is 0.365 e. The molecule has 2 rings (SSSR count). The third kappa shape index (κ3) is 3.23. The van der Waals surface area contributed by atoms with Crippen LogP contribution in [0.25, 0.3) is 0 Å². The van der Waals surface area contributed by atoms with Gasteiger partial charge in [0.05, 0.1) is 27.7 Å². The Morgan fingerprint density at radius 1 is 1.45 bits per heavy atom. The van der Waals surface area contributed by atoms with Gasteiger partial charge in [-0.05, 0) is 40.0 Å². The van der Waals surface area contributed by atoms with Gasteiger partial charge in [-0.2, -0.15) is 0 Å². The summed E-state index contributed by atoms with van der Waals surface area (Å²) in [5, 5.41) is 2.84. The van der Waals surface area contributed by atoms with Gasteiger partial charge in [-0.3, -0.25) is 9.78 Å². The molecule has 0 saturated carbocycles. The molecule has 0 spiro atoms. The number of nitrogens with zero attached hydrogens (tertiary/aromatic N) is 1. The van der Waals surface area contributed by atoms with Gasteiger partial charge in [0.2, 0.25) is 0 Å². The molecule has 0 radical (unpaired) electrons. The Labute approximate surface area is 141 Å². The fourth-order valence-corrected chi connectivity index (χ4v) is 2.61. The molecule has 0 aliphatic heterocycles. The van der Waals surface area contributed by atoms with Crippen LogP contribution in [0, 0.1) is 5.82 Å². The van der Waals surface area contributed by atoms with E-state index in [1.807, 2.05) is 13.8 Å². The summed E-state index contributed by atoms with van der Waals surface area (Å²) in [6.45, 7) is 3.97. The summed E-state index contributed by atoms with van der Waals surface area (Å²) < 4.78 is 14.5. The molecule has 3 N–H and O–H groups in total. The number of anilines is 2. The monoisotopic (exact) mass is 385 g/mol. The highest BCUT2D eigenvalue weighted by atomic mass is 79.9. The molecule has 116 valence electrons. The molecule has 1 amide bonds. The minimum absolute atomic E-state index is 0.154. The van der Waals surface area contributed by atoms with Crippen molar-refractivity contribution in [3.63, 3.8) is 0 Å². The number of nitrogens with one attached hydrogen (secondary N) is 1. The number of amides is 1. The molecule has 0 saturated heterocycles. The summed E-state index contributed by atoms with van der Waals surface area (Å²) in [5.41, 5.74) is 6.69. The Morgan fingerprint density at radius 3 is 2.73 bits per heavy atom. The van der Waals surface area contributed by atoms with Crippen LogP contribution in [0.2, 0.25) is 5.02 Å². The van der Waals surface area contributed by atoms with Crippen LogP contribution in [0.1, 0.15) is 35.8 Å². The van der Waals surface area contributed by atoms with Crippen molar-refractivity contribution in [2.75, 3.05) is 5.32 Å². The number of carbonyl (C=O) groups excluding carboxylic acids is 1. The van der Waals surface area contributed by atoms with E-state index in [-0.39, 0.29) is 22.2 Å². The molecule has 0 bridgehead atoms. The first kappa shape index (κ1) is 16.7. The zero-order valence-corrected chi connectivity index (χ0v) is 14.3. The lowest BCUT2D eigenvalue weighted by atomic mass is 10.1. The number of benzene rings is 1. The van der Waals surface area contributed by atoms with Crippen molar-refractivity contribution in [2.24, 2.45) is 5.73 Å². The van der Waals surface area contributed by atoms with Crippen LogP contribution in [-0.4, -0.2) is 10.9 Å². The standard InChI is InChI=1S/C15H14BrClFN3O/c1-7(2)14-9(4-3-5-20-14)21-10-6-8(16)12(17)13(18)11(10)15(19)22/h3-7,21H,1-2H3,(H2,19,22). The van der Waals surface area contributed by atoms with Crippen molar-refractivity contribution >= 4 is 44.8 Å². The number of hydrogen-bond donors (Lipinski definition) is 2. The molecule has 0 atom stereocenters. The quantitative estimate of drug-likeness (QED) is 0.754. The van der Waals surface area contributed by atoms with Gasteiger partial charge >= 0.3 is 0 Å². The molecule has 0 aliphatic carbocycles. The van der Waals surface area contributed by atoms with Crippen molar-refractivity contribution < 1.29 is 9.18 Å². The maximum Gasteiger partial charge on any atom is 0.253 e. The Hall–Kier alpha value is -1.66. The summed E-state index contributed by atoms with van der Waals surface area (Å²) in [6, 6.07) is 5.07. The van der Waals surface area contributed by atoms with Crippen molar-refractivity contribution in [1.82, 2.24) is 4.98 Å². The molecule has 0 unspecified atom stereocenters. The van der Waals surface area contributed by atoms with Gasteiger partial charge in [0, 0.05) is 10.7 Å². The molecular formula is C15H14BrClFN3O. The number of pyridine rings is 1. The highest BCUT2D eigenvalue weighted by Crippen LogP contribution is 2.35. The highest BCUT2D eigenvalue weighted by molar-refractivity contribution is 9.10. The summed E-state index contributed by atoms with van der Waals surface area (Å²) in [6.07, 6.45) is 1.67. The number of hydrogen-bond acceptors (Lipinski definition) is 3. The first-order chi connectivity index (χ1) is 10.3. The van der Waals surface area contributed by atoms with Crippen LogP contribution in [0.15, 0.2) is 28.9 Å². The average Bonchev–Trinajstić information content (AvgIpc) is 2.45. The lowest BCUT2D eigenvalue weighted by Crippen LogP contribution is -2.16. The Morgan fingerprint density at radius 2 is 2.14 bits per heavy atom. The summed E-state index contributed by atoms with van der Waals surface area (Å²) in [5.74, 6) is -1.60. The molecule has 0 aliphatic rings. The number of aromatic nitrogens is 1. The summed E-state index contributed by atoms with van der Waals surface area (Å²) >= 11 is 8.98. The molecule has 2 aromatic rings. The first-order valence-corrected chi connectivity index (χ1v) is 7.69. The third-order valence-corrected chi connectivity index (χ3v) is 4.29. The van der Waals surface area contributed by atoms with E-state index in [0.717, 1.165) is 5.69 Å².